The molecule has 0 spiro atoms. The zero-order valence-corrected chi connectivity index (χ0v) is 13.2. The molecule has 3 rings (SSSR count). The van der Waals surface area contributed by atoms with E-state index in [1.807, 2.05) is 0 Å². The van der Waals surface area contributed by atoms with Gasteiger partial charge >= 0.3 is 5.97 Å². The van der Waals surface area contributed by atoms with Gasteiger partial charge in [-0.3, -0.25) is 4.79 Å². The molecule has 1 saturated heterocycles. The van der Waals surface area contributed by atoms with Gasteiger partial charge in [-0.05, 0) is 18.2 Å². The van der Waals surface area contributed by atoms with Crippen molar-refractivity contribution in [1.29, 1.82) is 0 Å². The number of ether oxygens (including phenoxy) is 2. The predicted octanol–water partition coefficient (Wildman–Crippen LogP) is 1.95. The molecule has 23 heavy (non-hydrogen) atoms. The van der Waals surface area contributed by atoms with Crippen LogP contribution in [0.2, 0.25) is 5.02 Å². The van der Waals surface area contributed by atoms with Gasteiger partial charge in [-0.1, -0.05) is 29.8 Å². The number of aliphatic hydroxyl groups excluding tert-OH is 2. The van der Waals surface area contributed by atoms with E-state index >= 15 is 0 Å². The Morgan fingerprint density at radius 1 is 1.48 bits per heavy atom. The topological polar surface area (TPSA) is 76.0 Å². The fraction of sp³-hybridized carbons (Fsp3) is 0.471. The van der Waals surface area contributed by atoms with E-state index in [9.17, 15) is 15.0 Å². The lowest BCUT2D eigenvalue weighted by Gasteiger charge is -2.15. The Kier molecular flexibility index (Phi) is 4.90. The first-order valence-corrected chi connectivity index (χ1v) is 8.03. The Labute approximate surface area is 139 Å². The molecule has 1 saturated carbocycles. The average molecular weight is 339 g/mol. The lowest BCUT2D eigenvalue weighted by Crippen LogP contribution is -2.20. The number of hydrogen-bond acceptors (Lipinski definition) is 5. The van der Waals surface area contributed by atoms with E-state index in [-0.39, 0.29) is 30.5 Å². The molecule has 1 heterocycles. The molecule has 0 radical (unpaired) electrons. The Morgan fingerprint density at radius 3 is 3.09 bits per heavy atom. The molecule has 2 fully saturated rings. The second kappa shape index (κ2) is 6.91. The first-order valence-electron chi connectivity index (χ1n) is 7.65. The number of fused-ring (bicyclic) bond motifs is 1. The van der Waals surface area contributed by atoms with Crippen molar-refractivity contribution in [2.45, 2.75) is 31.2 Å². The van der Waals surface area contributed by atoms with E-state index in [1.165, 1.54) is 0 Å². The molecule has 0 bridgehead atoms. The third-order valence-electron chi connectivity index (χ3n) is 4.35. The van der Waals surface area contributed by atoms with Gasteiger partial charge in [0.1, 0.15) is 24.6 Å². The van der Waals surface area contributed by atoms with Gasteiger partial charge in [0, 0.05) is 23.3 Å². The van der Waals surface area contributed by atoms with Crippen LogP contribution in [0.4, 0.5) is 0 Å². The van der Waals surface area contributed by atoms with Crippen molar-refractivity contribution in [3.05, 3.63) is 41.4 Å². The number of esters is 1. The van der Waals surface area contributed by atoms with Gasteiger partial charge in [0.25, 0.3) is 0 Å². The maximum absolute atomic E-state index is 11.3. The van der Waals surface area contributed by atoms with Gasteiger partial charge in [0.2, 0.25) is 0 Å². The molecule has 0 unspecified atom stereocenters. The third-order valence-corrected chi connectivity index (χ3v) is 4.58. The lowest BCUT2D eigenvalue weighted by molar-refractivity contribution is -0.141. The largest absolute Gasteiger partial charge is 0.491 e. The van der Waals surface area contributed by atoms with E-state index in [0.29, 0.717) is 23.6 Å². The maximum atomic E-state index is 11.3. The first kappa shape index (κ1) is 16.3. The quantitative estimate of drug-likeness (QED) is 0.634. The predicted molar refractivity (Wildman–Crippen MR) is 84.2 cm³/mol. The SMILES string of the molecule is O=C1C[C@H]2[C@H](/C=C\[C@H](O)COc3cccc(Cl)c3)[C@H](O)C[C@H]2O1. The van der Waals surface area contributed by atoms with Crippen LogP contribution in [0.3, 0.4) is 0 Å². The average Bonchev–Trinajstić information content (AvgIpc) is 2.98. The molecule has 1 aromatic rings. The van der Waals surface area contributed by atoms with Crippen LogP contribution in [0.5, 0.6) is 5.75 Å². The van der Waals surface area contributed by atoms with E-state index in [1.54, 1.807) is 36.4 Å². The number of benzene rings is 1. The number of hydrogen-bond donors (Lipinski definition) is 2. The van der Waals surface area contributed by atoms with Crippen LogP contribution < -0.4 is 4.74 Å². The molecule has 5 atom stereocenters. The summed E-state index contributed by atoms with van der Waals surface area (Å²) in [6, 6.07) is 6.94. The minimum atomic E-state index is -0.807. The number of rotatable bonds is 5. The highest BCUT2D eigenvalue weighted by Gasteiger charge is 2.48. The zero-order valence-electron chi connectivity index (χ0n) is 12.5. The summed E-state index contributed by atoms with van der Waals surface area (Å²) >= 11 is 5.86. The van der Waals surface area contributed by atoms with Crippen LogP contribution in [0.25, 0.3) is 0 Å². The molecule has 2 N–H and O–H groups in total. The fourth-order valence-electron chi connectivity index (χ4n) is 3.24. The third kappa shape index (κ3) is 3.86. The van der Waals surface area contributed by atoms with Gasteiger partial charge in [-0.2, -0.15) is 0 Å². The van der Waals surface area contributed by atoms with Crippen molar-refractivity contribution < 1.29 is 24.5 Å². The van der Waals surface area contributed by atoms with E-state index in [0.717, 1.165) is 0 Å². The van der Waals surface area contributed by atoms with Crippen LogP contribution in [-0.4, -0.2) is 41.1 Å². The van der Waals surface area contributed by atoms with E-state index in [2.05, 4.69) is 0 Å². The van der Waals surface area contributed by atoms with Crippen LogP contribution in [0, 0.1) is 11.8 Å². The number of carbonyl (C=O) groups is 1. The molecule has 0 amide bonds. The highest BCUT2D eigenvalue weighted by atomic mass is 35.5. The number of aliphatic hydroxyl groups is 2. The Hall–Kier alpha value is -1.56. The minimum Gasteiger partial charge on any atom is -0.491 e. The van der Waals surface area contributed by atoms with E-state index < -0.39 is 12.2 Å². The zero-order chi connectivity index (χ0) is 16.4. The normalized spacial score (nSPS) is 31.2. The summed E-state index contributed by atoms with van der Waals surface area (Å²) in [4.78, 5) is 11.3. The van der Waals surface area contributed by atoms with Crippen molar-refractivity contribution in [2.24, 2.45) is 11.8 Å². The van der Waals surface area contributed by atoms with Gasteiger partial charge < -0.3 is 19.7 Å². The van der Waals surface area contributed by atoms with E-state index in [4.69, 9.17) is 21.1 Å². The van der Waals surface area contributed by atoms with Crippen molar-refractivity contribution in [3.8, 4) is 5.75 Å². The molecule has 0 aromatic heterocycles. The molecular formula is C17H19ClO5. The van der Waals surface area contributed by atoms with Crippen LogP contribution >= 0.6 is 11.6 Å². The molecule has 1 aliphatic heterocycles. The molecular weight excluding hydrogens is 320 g/mol. The highest BCUT2D eigenvalue weighted by Crippen LogP contribution is 2.42. The second-order valence-corrected chi connectivity index (χ2v) is 6.43. The maximum Gasteiger partial charge on any atom is 0.306 e. The van der Waals surface area contributed by atoms with Crippen molar-refractivity contribution >= 4 is 17.6 Å². The highest BCUT2D eigenvalue weighted by molar-refractivity contribution is 6.30. The summed E-state index contributed by atoms with van der Waals surface area (Å²) in [5.74, 6) is 0.193. The van der Waals surface area contributed by atoms with Crippen LogP contribution in [0.1, 0.15) is 12.8 Å². The monoisotopic (exact) mass is 338 g/mol. The Morgan fingerprint density at radius 2 is 2.30 bits per heavy atom. The number of carbonyl (C=O) groups excluding carboxylic acids is 1. The van der Waals surface area contributed by atoms with Gasteiger partial charge in [0.05, 0.1) is 12.5 Å². The summed E-state index contributed by atoms with van der Waals surface area (Å²) in [6.45, 7) is 0.0865. The molecule has 1 aromatic carbocycles. The van der Waals surface area contributed by atoms with Crippen molar-refractivity contribution in [1.82, 2.24) is 0 Å². The van der Waals surface area contributed by atoms with Crippen molar-refractivity contribution in [2.75, 3.05) is 6.61 Å². The summed E-state index contributed by atoms with van der Waals surface area (Å²) in [6.07, 6.45) is 2.60. The molecule has 5 nitrogen and oxygen atoms in total. The Bertz CT molecular complexity index is 602. The summed E-state index contributed by atoms with van der Waals surface area (Å²) in [5, 5.41) is 20.6. The van der Waals surface area contributed by atoms with Gasteiger partial charge in [-0.25, -0.2) is 0 Å². The standard InChI is InChI=1S/C17H19ClO5/c18-10-2-1-3-12(6-10)22-9-11(19)4-5-13-14-7-17(21)23-16(14)8-15(13)20/h1-6,11,13-16,19-20H,7-9H2/b5-4-/t11-,13-,14-,15+,16+/m0/s1. The smallest absolute Gasteiger partial charge is 0.306 e. The molecule has 1 aliphatic carbocycles. The second-order valence-electron chi connectivity index (χ2n) is 6.00. The molecule has 124 valence electrons. The summed E-state index contributed by atoms with van der Waals surface area (Å²) in [5.41, 5.74) is 0. The van der Waals surface area contributed by atoms with Crippen LogP contribution in [0.15, 0.2) is 36.4 Å². The molecule has 2 aliphatic rings. The molecule has 6 heteroatoms. The fourth-order valence-corrected chi connectivity index (χ4v) is 3.42. The van der Waals surface area contributed by atoms with Gasteiger partial charge in [-0.15, -0.1) is 0 Å². The summed E-state index contributed by atoms with van der Waals surface area (Å²) < 4.78 is 10.6. The lowest BCUT2D eigenvalue weighted by atomic mass is 9.91. The van der Waals surface area contributed by atoms with Crippen LogP contribution in [-0.2, 0) is 9.53 Å². The summed E-state index contributed by atoms with van der Waals surface area (Å²) in [7, 11) is 0. The Balaban J connectivity index is 1.53. The van der Waals surface area contributed by atoms with Crippen molar-refractivity contribution in [3.63, 3.8) is 0 Å². The first-order chi connectivity index (χ1) is 11.0. The van der Waals surface area contributed by atoms with Gasteiger partial charge in [0.15, 0.2) is 0 Å². The number of halogens is 1. The minimum absolute atomic E-state index is 0.00482.